The Labute approximate surface area is 239 Å². The summed E-state index contributed by atoms with van der Waals surface area (Å²) in [5, 5.41) is 12.0. The van der Waals surface area contributed by atoms with Gasteiger partial charge in [-0.1, -0.05) is 72.6 Å². The quantitative estimate of drug-likeness (QED) is 0.209. The minimum absolute atomic E-state index is 0.0588. The van der Waals surface area contributed by atoms with Gasteiger partial charge < -0.3 is 20.1 Å². The zero-order valence-corrected chi connectivity index (χ0v) is 22.8. The molecular weight excluding hydrogens is 558 g/mol. The van der Waals surface area contributed by atoms with Gasteiger partial charge in [0, 0.05) is 16.5 Å². The smallest absolute Gasteiger partial charge is 0.325 e. The van der Waals surface area contributed by atoms with E-state index in [1.54, 1.807) is 24.3 Å². The maximum atomic E-state index is 14.8. The molecule has 8 nitrogen and oxygen atoms in total. The van der Waals surface area contributed by atoms with Crippen LogP contribution in [0.3, 0.4) is 0 Å². The number of imidazole rings is 1. The number of rotatable bonds is 9. The summed E-state index contributed by atoms with van der Waals surface area (Å²) in [6.45, 7) is 1.89. The van der Waals surface area contributed by atoms with Gasteiger partial charge in [0.1, 0.15) is 46.9 Å². The van der Waals surface area contributed by atoms with Crippen molar-refractivity contribution in [3.8, 4) is 17.0 Å². The SMILES string of the molecule is C[C@@H](c1ccccc1)[C@@H](c1nc(-c2ccc(Cl)cc2F)c(Cl)[nH]1)N1C(=O)N[C@H](c2ccc(OCCO)cc2)C1=O. The van der Waals surface area contributed by atoms with Gasteiger partial charge in [0.05, 0.1) is 6.61 Å². The second-order valence-corrected chi connectivity index (χ2v) is 10.1. The number of halogens is 3. The van der Waals surface area contributed by atoms with Gasteiger partial charge in [0.15, 0.2) is 0 Å². The molecule has 3 amide bonds. The van der Waals surface area contributed by atoms with Crippen LogP contribution in [0.15, 0.2) is 72.8 Å². The Kier molecular flexibility index (Phi) is 8.07. The molecular formula is C29H25Cl2FN4O4. The van der Waals surface area contributed by atoms with Gasteiger partial charge >= 0.3 is 6.03 Å². The number of carbonyl (C=O) groups is 2. The number of H-pyrrole nitrogens is 1. The van der Waals surface area contributed by atoms with Crippen molar-refractivity contribution in [2.75, 3.05) is 13.2 Å². The number of urea groups is 1. The molecule has 206 valence electrons. The van der Waals surface area contributed by atoms with Crippen molar-refractivity contribution in [2.24, 2.45) is 0 Å². The number of benzene rings is 3. The zero-order chi connectivity index (χ0) is 28.4. The van der Waals surface area contributed by atoms with E-state index in [1.807, 2.05) is 37.3 Å². The van der Waals surface area contributed by atoms with E-state index < -0.39 is 35.8 Å². The summed E-state index contributed by atoms with van der Waals surface area (Å²) >= 11 is 12.4. The predicted molar refractivity (Wildman–Crippen MR) is 149 cm³/mol. The highest BCUT2D eigenvalue weighted by Gasteiger charge is 2.46. The fraction of sp³-hybridized carbons (Fsp3) is 0.207. The van der Waals surface area contributed by atoms with E-state index in [1.165, 1.54) is 12.1 Å². The Morgan fingerprint density at radius 1 is 1.07 bits per heavy atom. The Bertz CT molecular complexity index is 1530. The van der Waals surface area contributed by atoms with E-state index in [0.29, 0.717) is 11.3 Å². The van der Waals surface area contributed by atoms with E-state index in [0.717, 1.165) is 16.5 Å². The van der Waals surface area contributed by atoms with Crippen molar-refractivity contribution in [2.45, 2.75) is 24.9 Å². The molecule has 0 bridgehead atoms. The summed E-state index contributed by atoms with van der Waals surface area (Å²) in [5.74, 6) is -0.749. The van der Waals surface area contributed by atoms with Gasteiger partial charge in [0.2, 0.25) is 0 Å². The van der Waals surface area contributed by atoms with E-state index in [-0.39, 0.29) is 40.5 Å². The molecule has 1 aromatic heterocycles. The molecule has 0 saturated carbocycles. The summed E-state index contributed by atoms with van der Waals surface area (Å²) in [6.07, 6.45) is 0. The first-order chi connectivity index (χ1) is 19.3. The second kappa shape index (κ2) is 11.7. The molecule has 0 unspecified atom stereocenters. The number of aromatic amines is 1. The number of aliphatic hydroxyl groups excluding tert-OH is 1. The van der Waals surface area contributed by atoms with Gasteiger partial charge in [-0.3, -0.25) is 9.69 Å². The lowest BCUT2D eigenvalue weighted by atomic mass is 9.91. The number of hydrogen-bond donors (Lipinski definition) is 3. The Balaban J connectivity index is 1.53. The molecule has 0 aliphatic carbocycles. The zero-order valence-electron chi connectivity index (χ0n) is 21.3. The fourth-order valence-electron chi connectivity index (χ4n) is 4.79. The molecule has 11 heteroatoms. The van der Waals surface area contributed by atoms with Crippen molar-refractivity contribution in [3.05, 3.63) is 106 Å². The maximum absolute atomic E-state index is 14.8. The number of hydrogen-bond acceptors (Lipinski definition) is 5. The van der Waals surface area contributed by atoms with Crippen LogP contribution in [0.25, 0.3) is 11.3 Å². The fourth-order valence-corrected chi connectivity index (χ4v) is 5.19. The Morgan fingerprint density at radius 3 is 2.48 bits per heavy atom. The molecule has 40 heavy (non-hydrogen) atoms. The predicted octanol–water partition coefficient (Wildman–Crippen LogP) is 6.03. The minimum atomic E-state index is -0.941. The number of imide groups is 1. The third-order valence-electron chi connectivity index (χ3n) is 6.77. The highest BCUT2D eigenvalue weighted by atomic mass is 35.5. The molecule has 2 heterocycles. The molecule has 3 N–H and O–H groups in total. The van der Waals surface area contributed by atoms with Gasteiger partial charge in [0.25, 0.3) is 5.91 Å². The number of carbonyl (C=O) groups excluding carboxylic acids is 2. The summed E-state index contributed by atoms with van der Waals surface area (Å²) in [7, 11) is 0. The third-order valence-corrected chi connectivity index (χ3v) is 7.27. The highest BCUT2D eigenvalue weighted by molar-refractivity contribution is 6.32. The van der Waals surface area contributed by atoms with Crippen LogP contribution in [0.2, 0.25) is 10.2 Å². The lowest BCUT2D eigenvalue weighted by Crippen LogP contribution is -2.38. The maximum Gasteiger partial charge on any atom is 0.325 e. The molecule has 5 rings (SSSR count). The van der Waals surface area contributed by atoms with Crippen LogP contribution in [0, 0.1) is 5.82 Å². The number of aromatic nitrogens is 2. The van der Waals surface area contributed by atoms with Crippen molar-refractivity contribution < 1.29 is 23.8 Å². The monoisotopic (exact) mass is 582 g/mol. The topological polar surface area (TPSA) is 108 Å². The summed E-state index contributed by atoms with van der Waals surface area (Å²) < 4.78 is 20.2. The third kappa shape index (κ3) is 5.40. The number of ether oxygens (including phenoxy) is 1. The molecule has 3 aromatic carbocycles. The molecule has 4 aromatic rings. The van der Waals surface area contributed by atoms with Crippen LogP contribution in [0.1, 0.15) is 41.9 Å². The van der Waals surface area contributed by atoms with E-state index in [2.05, 4.69) is 15.3 Å². The molecule has 0 radical (unpaired) electrons. The Hall–Kier alpha value is -3.92. The van der Waals surface area contributed by atoms with E-state index in [9.17, 15) is 14.0 Å². The van der Waals surface area contributed by atoms with Crippen molar-refractivity contribution >= 4 is 35.1 Å². The van der Waals surface area contributed by atoms with Crippen molar-refractivity contribution in [1.82, 2.24) is 20.2 Å². The van der Waals surface area contributed by atoms with Crippen LogP contribution >= 0.6 is 23.2 Å². The molecule has 3 atom stereocenters. The van der Waals surface area contributed by atoms with E-state index >= 15 is 0 Å². The number of aliphatic hydroxyl groups is 1. The molecule has 1 aliphatic rings. The normalized spacial score (nSPS) is 16.6. The average Bonchev–Trinajstić information content (AvgIpc) is 3.47. The first-order valence-corrected chi connectivity index (χ1v) is 13.3. The highest BCUT2D eigenvalue weighted by Crippen LogP contribution is 2.41. The Morgan fingerprint density at radius 2 is 1.80 bits per heavy atom. The minimum Gasteiger partial charge on any atom is -0.491 e. The van der Waals surface area contributed by atoms with Crippen LogP contribution < -0.4 is 10.1 Å². The number of amides is 3. The standard InChI is InChI=1S/C29H25Cl2FN4O4/c1-16(17-5-3-2-4-6-17)25(27-33-24(26(31)35-27)21-12-9-19(30)15-22(21)32)36-28(38)23(34-29(36)39)18-7-10-20(11-8-18)40-14-13-37/h2-12,15-16,23,25,37H,13-14H2,1H3,(H,33,35)(H,34,39)/t16-,23+,25-/m0/s1. The van der Waals surface area contributed by atoms with Crippen LogP contribution in [-0.2, 0) is 4.79 Å². The van der Waals surface area contributed by atoms with Gasteiger partial charge in [-0.2, -0.15) is 0 Å². The summed E-state index contributed by atoms with van der Waals surface area (Å²) in [5.41, 5.74) is 1.68. The average molecular weight is 583 g/mol. The van der Waals surface area contributed by atoms with Crippen molar-refractivity contribution in [1.29, 1.82) is 0 Å². The van der Waals surface area contributed by atoms with Crippen LogP contribution in [0.4, 0.5) is 9.18 Å². The molecule has 0 spiro atoms. The summed E-state index contributed by atoms with van der Waals surface area (Å²) in [4.78, 5) is 35.9. The van der Waals surface area contributed by atoms with E-state index in [4.69, 9.17) is 33.0 Å². The molecule has 1 aliphatic heterocycles. The van der Waals surface area contributed by atoms with Gasteiger partial charge in [-0.25, -0.2) is 14.2 Å². The molecule has 1 fully saturated rings. The molecule has 1 saturated heterocycles. The van der Waals surface area contributed by atoms with Gasteiger partial charge in [-0.15, -0.1) is 0 Å². The lowest BCUT2D eigenvalue weighted by molar-refractivity contribution is -0.129. The largest absolute Gasteiger partial charge is 0.491 e. The second-order valence-electron chi connectivity index (χ2n) is 9.28. The number of nitrogens with zero attached hydrogens (tertiary/aromatic N) is 2. The van der Waals surface area contributed by atoms with Crippen LogP contribution in [0.5, 0.6) is 5.75 Å². The number of nitrogens with one attached hydrogen (secondary N) is 2. The van der Waals surface area contributed by atoms with Gasteiger partial charge in [-0.05, 0) is 41.5 Å². The van der Waals surface area contributed by atoms with Crippen molar-refractivity contribution in [3.63, 3.8) is 0 Å². The first-order valence-electron chi connectivity index (χ1n) is 12.5. The summed E-state index contributed by atoms with van der Waals surface area (Å²) in [6, 6.07) is 17.8. The first kappa shape index (κ1) is 27.6. The lowest BCUT2D eigenvalue weighted by Gasteiger charge is -2.29. The van der Waals surface area contributed by atoms with Crippen LogP contribution in [-0.4, -0.2) is 45.1 Å².